The number of halogens is 3. The van der Waals surface area contributed by atoms with Crippen molar-refractivity contribution in [2.45, 2.75) is 31.5 Å². The van der Waals surface area contributed by atoms with Crippen LogP contribution in [-0.4, -0.2) is 40.8 Å². The molecular weight excluding hydrogens is 199 g/mol. The van der Waals surface area contributed by atoms with Crippen molar-refractivity contribution in [1.29, 1.82) is 0 Å². The van der Waals surface area contributed by atoms with Crippen LogP contribution in [0.4, 0.5) is 13.2 Å². The van der Waals surface area contributed by atoms with E-state index < -0.39 is 24.7 Å². The lowest BCUT2D eigenvalue weighted by molar-refractivity contribution is -0.253. The highest BCUT2D eigenvalue weighted by molar-refractivity contribution is 5.76. The first-order valence-electron chi connectivity index (χ1n) is 4.37. The van der Waals surface area contributed by atoms with Crippen LogP contribution in [0.1, 0.15) is 19.8 Å². The SMILES string of the molecule is CCC(=O)N1CCC(O)(C(F)(F)F)C1. The van der Waals surface area contributed by atoms with Crippen molar-refractivity contribution in [1.82, 2.24) is 4.90 Å². The number of hydrogen-bond donors (Lipinski definition) is 1. The molecule has 1 saturated heterocycles. The third-order valence-electron chi connectivity index (χ3n) is 2.43. The van der Waals surface area contributed by atoms with Gasteiger partial charge in [-0.2, -0.15) is 13.2 Å². The Morgan fingerprint density at radius 1 is 1.57 bits per heavy atom. The van der Waals surface area contributed by atoms with Gasteiger partial charge in [-0.3, -0.25) is 4.79 Å². The molecule has 6 heteroatoms. The fourth-order valence-corrected chi connectivity index (χ4v) is 1.46. The first kappa shape index (κ1) is 11.3. The molecule has 0 aromatic carbocycles. The molecule has 0 spiro atoms. The van der Waals surface area contributed by atoms with E-state index in [1.54, 1.807) is 6.92 Å². The minimum absolute atomic E-state index is 0.0251. The number of rotatable bonds is 1. The predicted octanol–water partition coefficient (Wildman–Crippen LogP) is 0.922. The van der Waals surface area contributed by atoms with Gasteiger partial charge in [0, 0.05) is 19.4 Å². The molecule has 1 aliphatic rings. The van der Waals surface area contributed by atoms with Crippen LogP contribution in [0.25, 0.3) is 0 Å². The summed E-state index contributed by atoms with van der Waals surface area (Å²) in [4.78, 5) is 12.1. The Balaban J connectivity index is 2.69. The van der Waals surface area contributed by atoms with Gasteiger partial charge in [-0.1, -0.05) is 6.92 Å². The third-order valence-corrected chi connectivity index (χ3v) is 2.43. The van der Waals surface area contributed by atoms with Crippen molar-refractivity contribution in [3.05, 3.63) is 0 Å². The monoisotopic (exact) mass is 211 g/mol. The van der Waals surface area contributed by atoms with E-state index in [1.165, 1.54) is 0 Å². The van der Waals surface area contributed by atoms with Gasteiger partial charge in [-0.05, 0) is 0 Å². The Hall–Kier alpha value is -0.780. The standard InChI is InChI=1S/C8H12F3NO2/c1-2-6(13)12-4-3-7(14,5-12)8(9,10)11/h14H,2-5H2,1H3. The molecule has 0 aromatic heterocycles. The number of amides is 1. The maximum Gasteiger partial charge on any atom is 0.419 e. The smallest absolute Gasteiger partial charge is 0.379 e. The minimum atomic E-state index is -4.66. The van der Waals surface area contributed by atoms with Crippen molar-refractivity contribution in [3.63, 3.8) is 0 Å². The maximum absolute atomic E-state index is 12.3. The van der Waals surface area contributed by atoms with Gasteiger partial charge in [-0.25, -0.2) is 0 Å². The summed E-state index contributed by atoms with van der Waals surface area (Å²) in [6.07, 6.45) is -4.92. The lowest BCUT2D eigenvalue weighted by Crippen LogP contribution is -2.47. The molecule has 14 heavy (non-hydrogen) atoms. The molecule has 1 rings (SSSR count). The zero-order valence-electron chi connectivity index (χ0n) is 7.76. The van der Waals surface area contributed by atoms with E-state index in [9.17, 15) is 23.1 Å². The fraction of sp³-hybridized carbons (Fsp3) is 0.875. The Morgan fingerprint density at radius 2 is 2.14 bits per heavy atom. The molecule has 0 radical (unpaired) electrons. The van der Waals surface area contributed by atoms with Gasteiger partial charge in [-0.15, -0.1) is 0 Å². The Kier molecular flexibility index (Phi) is 2.76. The number of likely N-dealkylation sites (tertiary alicyclic amines) is 1. The molecule has 3 nitrogen and oxygen atoms in total. The van der Waals surface area contributed by atoms with Crippen LogP contribution in [0, 0.1) is 0 Å². The number of aliphatic hydroxyl groups is 1. The first-order valence-corrected chi connectivity index (χ1v) is 4.37. The van der Waals surface area contributed by atoms with Gasteiger partial charge < -0.3 is 10.0 Å². The zero-order chi connectivity index (χ0) is 11.0. The van der Waals surface area contributed by atoms with Crippen LogP contribution in [0.3, 0.4) is 0 Å². The van der Waals surface area contributed by atoms with E-state index in [0.717, 1.165) is 4.90 Å². The molecule has 0 bridgehead atoms. The highest BCUT2D eigenvalue weighted by Crippen LogP contribution is 2.37. The van der Waals surface area contributed by atoms with E-state index in [0.29, 0.717) is 0 Å². The second-order valence-electron chi connectivity index (χ2n) is 3.45. The van der Waals surface area contributed by atoms with Gasteiger partial charge in [0.15, 0.2) is 5.60 Å². The molecule has 0 saturated carbocycles. The zero-order valence-corrected chi connectivity index (χ0v) is 7.76. The van der Waals surface area contributed by atoms with Crippen LogP contribution < -0.4 is 0 Å². The number of hydrogen-bond acceptors (Lipinski definition) is 2. The highest BCUT2D eigenvalue weighted by atomic mass is 19.4. The molecule has 82 valence electrons. The van der Waals surface area contributed by atoms with E-state index in [4.69, 9.17) is 0 Å². The summed E-state index contributed by atoms with van der Waals surface area (Å²) in [5.74, 6) is -0.356. The molecular formula is C8H12F3NO2. The molecule has 0 aromatic rings. The lowest BCUT2D eigenvalue weighted by Gasteiger charge is -2.25. The summed E-state index contributed by atoms with van der Waals surface area (Å²) in [5, 5.41) is 9.22. The van der Waals surface area contributed by atoms with Gasteiger partial charge in [0.1, 0.15) is 0 Å². The molecule has 1 N–H and O–H groups in total. The Morgan fingerprint density at radius 3 is 2.50 bits per heavy atom. The normalized spacial score (nSPS) is 28.2. The average molecular weight is 211 g/mol. The summed E-state index contributed by atoms with van der Waals surface area (Å²) in [7, 11) is 0. The van der Waals surface area contributed by atoms with Crippen molar-refractivity contribution >= 4 is 5.91 Å². The second kappa shape index (κ2) is 3.42. The summed E-state index contributed by atoms with van der Waals surface area (Å²) in [6.45, 7) is 0.916. The Bertz CT molecular complexity index is 241. The largest absolute Gasteiger partial charge is 0.419 e. The van der Waals surface area contributed by atoms with Crippen molar-refractivity contribution < 1.29 is 23.1 Å². The van der Waals surface area contributed by atoms with Crippen LogP contribution in [-0.2, 0) is 4.79 Å². The van der Waals surface area contributed by atoms with Gasteiger partial charge in [0.25, 0.3) is 0 Å². The van der Waals surface area contributed by atoms with Crippen molar-refractivity contribution in [3.8, 4) is 0 Å². The minimum Gasteiger partial charge on any atom is -0.379 e. The summed E-state index contributed by atoms with van der Waals surface area (Å²) >= 11 is 0. The molecule has 1 unspecified atom stereocenters. The fourth-order valence-electron chi connectivity index (χ4n) is 1.46. The summed E-state index contributed by atoms with van der Waals surface area (Å²) < 4.78 is 36.9. The summed E-state index contributed by atoms with van der Waals surface area (Å²) in [6, 6.07) is 0. The maximum atomic E-state index is 12.3. The number of carbonyl (C=O) groups is 1. The van der Waals surface area contributed by atoms with Gasteiger partial charge in [0.05, 0.1) is 6.54 Å². The van der Waals surface area contributed by atoms with E-state index in [1.807, 2.05) is 0 Å². The number of carbonyl (C=O) groups excluding carboxylic acids is 1. The highest BCUT2D eigenvalue weighted by Gasteiger charge is 2.57. The van der Waals surface area contributed by atoms with Crippen molar-refractivity contribution in [2.24, 2.45) is 0 Å². The average Bonchev–Trinajstić information content (AvgIpc) is 2.47. The van der Waals surface area contributed by atoms with Crippen LogP contribution >= 0.6 is 0 Å². The molecule has 1 atom stereocenters. The van der Waals surface area contributed by atoms with Crippen LogP contribution in [0.2, 0.25) is 0 Å². The number of β-amino-alcohol motifs (C(OH)–C–C–N with tert-alkyl or cyclic N) is 1. The second-order valence-corrected chi connectivity index (χ2v) is 3.45. The van der Waals surface area contributed by atoms with E-state index in [-0.39, 0.29) is 18.9 Å². The summed E-state index contributed by atoms with van der Waals surface area (Å²) in [5.41, 5.74) is -2.71. The topological polar surface area (TPSA) is 40.5 Å². The van der Waals surface area contributed by atoms with Crippen LogP contribution in [0.5, 0.6) is 0 Å². The van der Waals surface area contributed by atoms with Gasteiger partial charge >= 0.3 is 6.18 Å². The van der Waals surface area contributed by atoms with Crippen LogP contribution in [0.15, 0.2) is 0 Å². The number of alkyl halides is 3. The first-order chi connectivity index (χ1) is 6.30. The molecule has 0 aliphatic carbocycles. The molecule has 1 aliphatic heterocycles. The van der Waals surface area contributed by atoms with Gasteiger partial charge in [0.2, 0.25) is 5.91 Å². The van der Waals surface area contributed by atoms with E-state index in [2.05, 4.69) is 0 Å². The van der Waals surface area contributed by atoms with Crippen molar-refractivity contribution in [2.75, 3.05) is 13.1 Å². The van der Waals surface area contributed by atoms with E-state index >= 15 is 0 Å². The lowest BCUT2D eigenvalue weighted by atomic mass is 10.0. The predicted molar refractivity (Wildman–Crippen MR) is 42.5 cm³/mol. The number of nitrogens with zero attached hydrogens (tertiary/aromatic N) is 1. The quantitative estimate of drug-likeness (QED) is 0.700. The third kappa shape index (κ3) is 1.84. The molecule has 1 fully saturated rings. The Labute approximate surface area is 79.5 Å². The molecule has 1 amide bonds. The molecule has 1 heterocycles.